The fraction of sp³-hybridized carbons (Fsp3) is 0.588. The summed E-state index contributed by atoms with van der Waals surface area (Å²) in [5, 5.41) is 7.38. The maximum Gasteiger partial charge on any atom is 0.153 e. The molecule has 5 nitrogen and oxygen atoms in total. The van der Waals surface area contributed by atoms with Crippen molar-refractivity contribution in [2.24, 2.45) is 5.92 Å². The number of H-pyrrole nitrogens is 1. The van der Waals surface area contributed by atoms with Crippen LogP contribution in [-0.4, -0.2) is 44.8 Å². The number of nitrogens with one attached hydrogen (secondary N) is 1. The maximum absolute atomic E-state index is 13.5. The molecule has 3 heterocycles. The minimum absolute atomic E-state index is 0.0135. The molecule has 4 rings (SSSR count). The molecule has 1 aliphatic carbocycles. The number of alkyl halides is 1. The van der Waals surface area contributed by atoms with Crippen LogP contribution in [-0.2, 0) is 6.54 Å². The van der Waals surface area contributed by atoms with Gasteiger partial charge in [-0.2, -0.15) is 5.10 Å². The number of likely N-dealkylation sites (tertiary alicyclic amines) is 1. The number of nitrogens with zero attached hydrogens (tertiary/aromatic N) is 4. The number of aromatic nitrogens is 4. The molecule has 1 saturated heterocycles. The average Bonchev–Trinajstić information content (AvgIpc) is 3.15. The Morgan fingerprint density at radius 1 is 1.30 bits per heavy atom. The van der Waals surface area contributed by atoms with Crippen LogP contribution in [0, 0.1) is 12.8 Å². The van der Waals surface area contributed by atoms with Crippen LogP contribution in [0.5, 0.6) is 0 Å². The molecule has 2 fully saturated rings. The van der Waals surface area contributed by atoms with Gasteiger partial charge in [-0.3, -0.25) is 19.4 Å². The molecular formula is C17H22FN5. The molecule has 0 radical (unpaired) electrons. The summed E-state index contributed by atoms with van der Waals surface area (Å²) in [6, 6.07) is 4.12. The topological polar surface area (TPSA) is 57.7 Å². The molecule has 23 heavy (non-hydrogen) atoms. The molecular weight excluding hydrogens is 293 g/mol. The van der Waals surface area contributed by atoms with Gasteiger partial charge in [0, 0.05) is 43.6 Å². The van der Waals surface area contributed by atoms with Gasteiger partial charge >= 0.3 is 0 Å². The summed E-state index contributed by atoms with van der Waals surface area (Å²) < 4.78 is 13.5. The van der Waals surface area contributed by atoms with Gasteiger partial charge in [0.15, 0.2) is 5.82 Å². The first-order chi connectivity index (χ1) is 11.2. The van der Waals surface area contributed by atoms with Gasteiger partial charge in [-0.15, -0.1) is 0 Å². The summed E-state index contributed by atoms with van der Waals surface area (Å²) in [7, 11) is 0. The first-order valence-corrected chi connectivity index (χ1v) is 8.35. The predicted octanol–water partition coefficient (Wildman–Crippen LogP) is 2.57. The van der Waals surface area contributed by atoms with Gasteiger partial charge in [0.05, 0.1) is 12.4 Å². The largest absolute Gasteiger partial charge is 0.296 e. The molecule has 2 aromatic heterocycles. The molecule has 0 unspecified atom stereocenters. The molecule has 122 valence electrons. The van der Waals surface area contributed by atoms with Crippen LogP contribution in [0.25, 0.3) is 0 Å². The van der Waals surface area contributed by atoms with Crippen molar-refractivity contribution < 1.29 is 4.39 Å². The Hall–Kier alpha value is -1.82. The summed E-state index contributed by atoms with van der Waals surface area (Å²) >= 11 is 0. The second-order valence-corrected chi connectivity index (χ2v) is 6.89. The van der Waals surface area contributed by atoms with Gasteiger partial charge in [0.2, 0.25) is 0 Å². The SMILES string of the molecule is Cc1ccc(CN2C[C@@H](CF)[C@H](c3nc(C4CC4)n[nH]3)C2)nc1. The third-order valence-corrected chi connectivity index (χ3v) is 4.89. The van der Waals surface area contributed by atoms with E-state index in [1.807, 2.05) is 19.2 Å². The van der Waals surface area contributed by atoms with Crippen molar-refractivity contribution in [3.63, 3.8) is 0 Å². The molecule has 1 aliphatic heterocycles. The van der Waals surface area contributed by atoms with Crippen LogP contribution < -0.4 is 0 Å². The lowest BCUT2D eigenvalue weighted by Gasteiger charge is -2.14. The van der Waals surface area contributed by atoms with E-state index in [1.54, 1.807) is 0 Å². The van der Waals surface area contributed by atoms with E-state index in [2.05, 4.69) is 31.1 Å². The minimum Gasteiger partial charge on any atom is -0.296 e. The Morgan fingerprint density at radius 3 is 2.87 bits per heavy atom. The number of aryl methyl sites for hydroxylation is 1. The Balaban J connectivity index is 1.46. The molecule has 0 aromatic carbocycles. The Kier molecular flexibility index (Phi) is 3.85. The van der Waals surface area contributed by atoms with Crippen molar-refractivity contribution in [2.75, 3.05) is 19.8 Å². The van der Waals surface area contributed by atoms with Crippen molar-refractivity contribution in [1.82, 2.24) is 25.1 Å². The van der Waals surface area contributed by atoms with Crippen molar-refractivity contribution in [3.8, 4) is 0 Å². The zero-order valence-corrected chi connectivity index (χ0v) is 13.4. The maximum atomic E-state index is 13.5. The first kappa shape index (κ1) is 14.8. The van der Waals surface area contributed by atoms with E-state index in [0.29, 0.717) is 5.92 Å². The van der Waals surface area contributed by atoms with E-state index in [4.69, 9.17) is 0 Å². The molecule has 2 atom stereocenters. The number of hydrogen-bond donors (Lipinski definition) is 1. The van der Waals surface area contributed by atoms with Gasteiger partial charge in [-0.25, -0.2) is 4.98 Å². The molecule has 6 heteroatoms. The number of rotatable bonds is 5. The smallest absolute Gasteiger partial charge is 0.153 e. The fourth-order valence-electron chi connectivity index (χ4n) is 3.35. The number of aromatic amines is 1. The van der Waals surface area contributed by atoms with E-state index in [0.717, 1.165) is 42.5 Å². The summed E-state index contributed by atoms with van der Waals surface area (Å²) in [6.07, 6.45) is 4.24. The van der Waals surface area contributed by atoms with Crippen LogP contribution in [0.2, 0.25) is 0 Å². The number of pyridine rings is 1. The standard InChI is InChI=1S/C17H22FN5/c1-11-2-5-14(19-7-11)9-23-8-13(6-18)15(10-23)17-20-16(21-22-17)12-3-4-12/h2,5,7,12-13,15H,3-4,6,8-10H2,1H3,(H,20,21,22)/t13-,15-/m1/s1. The highest BCUT2D eigenvalue weighted by Crippen LogP contribution is 2.39. The minimum atomic E-state index is -0.318. The Bertz CT molecular complexity index is 664. The second-order valence-electron chi connectivity index (χ2n) is 6.89. The van der Waals surface area contributed by atoms with Crippen LogP contribution >= 0.6 is 0 Å². The lowest BCUT2D eigenvalue weighted by molar-refractivity contribution is 0.293. The molecule has 0 amide bonds. The van der Waals surface area contributed by atoms with Crippen molar-refractivity contribution in [1.29, 1.82) is 0 Å². The molecule has 2 aromatic rings. The van der Waals surface area contributed by atoms with Crippen LogP contribution in [0.1, 0.15) is 47.6 Å². The van der Waals surface area contributed by atoms with Crippen LogP contribution in [0.15, 0.2) is 18.3 Å². The summed E-state index contributed by atoms with van der Waals surface area (Å²) in [4.78, 5) is 11.4. The molecule has 1 N–H and O–H groups in total. The zero-order valence-electron chi connectivity index (χ0n) is 13.4. The zero-order chi connectivity index (χ0) is 15.8. The van der Waals surface area contributed by atoms with Gasteiger partial charge in [0.25, 0.3) is 0 Å². The third-order valence-electron chi connectivity index (χ3n) is 4.89. The molecule has 2 aliphatic rings. The van der Waals surface area contributed by atoms with Gasteiger partial charge in [0.1, 0.15) is 5.82 Å². The van der Waals surface area contributed by atoms with E-state index in [-0.39, 0.29) is 18.5 Å². The molecule has 0 spiro atoms. The average molecular weight is 315 g/mol. The predicted molar refractivity (Wildman–Crippen MR) is 84.8 cm³/mol. The quantitative estimate of drug-likeness (QED) is 0.921. The van der Waals surface area contributed by atoms with Crippen LogP contribution in [0.3, 0.4) is 0 Å². The lowest BCUT2D eigenvalue weighted by atomic mass is 9.97. The van der Waals surface area contributed by atoms with E-state index in [1.165, 1.54) is 12.8 Å². The summed E-state index contributed by atoms with van der Waals surface area (Å²) in [5.74, 6) is 2.38. The monoisotopic (exact) mass is 315 g/mol. The van der Waals surface area contributed by atoms with Crippen molar-refractivity contribution >= 4 is 0 Å². The third kappa shape index (κ3) is 3.13. The second kappa shape index (κ2) is 6.00. The molecule has 1 saturated carbocycles. The van der Waals surface area contributed by atoms with E-state index in [9.17, 15) is 4.39 Å². The summed E-state index contributed by atoms with van der Waals surface area (Å²) in [5.41, 5.74) is 2.19. The van der Waals surface area contributed by atoms with E-state index < -0.39 is 0 Å². The first-order valence-electron chi connectivity index (χ1n) is 8.35. The van der Waals surface area contributed by atoms with Gasteiger partial charge < -0.3 is 0 Å². The normalized spacial score (nSPS) is 25.1. The number of halogens is 1. The molecule has 0 bridgehead atoms. The van der Waals surface area contributed by atoms with Crippen molar-refractivity contribution in [3.05, 3.63) is 41.2 Å². The highest BCUT2D eigenvalue weighted by molar-refractivity contribution is 5.14. The van der Waals surface area contributed by atoms with Crippen molar-refractivity contribution in [2.45, 2.75) is 38.1 Å². The van der Waals surface area contributed by atoms with Crippen LogP contribution in [0.4, 0.5) is 4.39 Å². The van der Waals surface area contributed by atoms with Gasteiger partial charge in [-0.05, 0) is 31.4 Å². The fourth-order valence-corrected chi connectivity index (χ4v) is 3.35. The Labute approximate surface area is 135 Å². The van der Waals surface area contributed by atoms with Gasteiger partial charge in [-0.1, -0.05) is 6.07 Å². The summed E-state index contributed by atoms with van der Waals surface area (Å²) in [6.45, 7) is 4.03. The number of hydrogen-bond acceptors (Lipinski definition) is 4. The lowest BCUT2D eigenvalue weighted by Crippen LogP contribution is -2.21. The Morgan fingerprint density at radius 2 is 2.17 bits per heavy atom. The highest BCUT2D eigenvalue weighted by Gasteiger charge is 2.37. The van der Waals surface area contributed by atoms with E-state index >= 15 is 0 Å². The highest BCUT2D eigenvalue weighted by atomic mass is 19.1.